The van der Waals surface area contributed by atoms with E-state index in [0.29, 0.717) is 29.8 Å². The zero-order chi connectivity index (χ0) is 18.5. The van der Waals surface area contributed by atoms with Gasteiger partial charge in [0, 0.05) is 6.54 Å². The topological polar surface area (TPSA) is 76.0 Å². The average Bonchev–Trinajstić information content (AvgIpc) is 2.68. The molecular formula is C20H22N4O2. The molecule has 2 aromatic carbocycles. The molecule has 1 amide bonds. The van der Waals surface area contributed by atoms with Crippen molar-refractivity contribution in [1.82, 2.24) is 15.0 Å². The summed E-state index contributed by atoms with van der Waals surface area (Å²) in [6, 6.07) is 16.8. The summed E-state index contributed by atoms with van der Waals surface area (Å²) in [5.74, 6) is -0.109. The Hall–Kier alpha value is -3.15. The third-order valence-electron chi connectivity index (χ3n) is 4.40. The molecule has 2 N–H and O–H groups in total. The normalized spacial score (nSPS) is 11.9. The van der Waals surface area contributed by atoms with Crippen molar-refractivity contribution in [2.75, 3.05) is 5.43 Å². The largest absolute Gasteiger partial charge is 0.277 e. The fourth-order valence-corrected chi connectivity index (χ4v) is 3.02. The quantitative estimate of drug-likeness (QED) is 0.670. The smallest absolute Gasteiger partial charge is 0.262 e. The second kappa shape index (κ2) is 7.82. The molecule has 1 unspecified atom stereocenters. The van der Waals surface area contributed by atoms with Gasteiger partial charge < -0.3 is 0 Å². The highest BCUT2D eigenvalue weighted by Gasteiger charge is 2.19. The van der Waals surface area contributed by atoms with Crippen molar-refractivity contribution in [3.63, 3.8) is 0 Å². The third-order valence-corrected chi connectivity index (χ3v) is 4.40. The molecule has 0 aliphatic heterocycles. The molecule has 1 heterocycles. The molecule has 6 heteroatoms. The Morgan fingerprint density at radius 1 is 1.08 bits per heavy atom. The van der Waals surface area contributed by atoms with Crippen LogP contribution in [0.3, 0.4) is 0 Å². The number of benzene rings is 2. The zero-order valence-electron chi connectivity index (χ0n) is 14.9. The Labute approximate surface area is 151 Å². The lowest BCUT2D eigenvalue weighted by Crippen LogP contribution is -2.37. The molecule has 134 valence electrons. The van der Waals surface area contributed by atoms with E-state index >= 15 is 0 Å². The molecule has 0 aliphatic rings. The van der Waals surface area contributed by atoms with Crippen LogP contribution in [-0.4, -0.2) is 15.5 Å². The summed E-state index contributed by atoms with van der Waals surface area (Å²) in [6.07, 6.45) is 0.670. The van der Waals surface area contributed by atoms with Gasteiger partial charge in [0.2, 0.25) is 11.9 Å². The summed E-state index contributed by atoms with van der Waals surface area (Å²) >= 11 is 0. The number of aromatic nitrogens is 2. The van der Waals surface area contributed by atoms with Gasteiger partial charge in [0.1, 0.15) is 0 Å². The van der Waals surface area contributed by atoms with E-state index < -0.39 is 0 Å². The van der Waals surface area contributed by atoms with Gasteiger partial charge in [-0.2, -0.15) is 0 Å². The number of rotatable bonds is 6. The highest BCUT2D eigenvalue weighted by atomic mass is 16.2. The zero-order valence-corrected chi connectivity index (χ0v) is 14.9. The Morgan fingerprint density at radius 3 is 2.46 bits per heavy atom. The van der Waals surface area contributed by atoms with Crippen LogP contribution >= 0.6 is 0 Å². The lowest BCUT2D eigenvalue weighted by molar-refractivity contribution is -0.122. The summed E-state index contributed by atoms with van der Waals surface area (Å²) in [6.45, 7) is 4.28. The number of carbonyl (C=O) groups excluding carboxylic acids is 1. The van der Waals surface area contributed by atoms with Crippen LogP contribution < -0.4 is 16.4 Å². The van der Waals surface area contributed by atoms with Crippen molar-refractivity contribution in [3.05, 3.63) is 70.5 Å². The van der Waals surface area contributed by atoms with E-state index in [-0.39, 0.29) is 17.4 Å². The van der Waals surface area contributed by atoms with Gasteiger partial charge in [-0.25, -0.2) is 4.98 Å². The molecule has 0 spiro atoms. The Kier molecular flexibility index (Phi) is 5.31. The predicted octanol–water partition coefficient (Wildman–Crippen LogP) is 3.05. The van der Waals surface area contributed by atoms with Crippen molar-refractivity contribution in [1.29, 1.82) is 0 Å². The van der Waals surface area contributed by atoms with Gasteiger partial charge in [-0.05, 0) is 31.0 Å². The molecule has 0 saturated heterocycles. The summed E-state index contributed by atoms with van der Waals surface area (Å²) in [5.41, 5.74) is 6.95. The highest BCUT2D eigenvalue weighted by molar-refractivity contribution is 5.84. The van der Waals surface area contributed by atoms with E-state index in [9.17, 15) is 9.59 Å². The lowest BCUT2D eigenvalue weighted by atomic mass is 9.96. The molecule has 3 aromatic rings. The molecule has 0 aliphatic carbocycles. The first-order valence-corrected chi connectivity index (χ1v) is 8.76. The van der Waals surface area contributed by atoms with Crippen molar-refractivity contribution in [3.8, 4) is 0 Å². The van der Waals surface area contributed by atoms with Crippen LogP contribution in [0.1, 0.15) is 31.7 Å². The molecule has 0 bridgehead atoms. The van der Waals surface area contributed by atoms with Crippen molar-refractivity contribution < 1.29 is 4.79 Å². The molecule has 0 radical (unpaired) electrons. The van der Waals surface area contributed by atoms with Gasteiger partial charge in [-0.3, -0.25) is 25.0 Å². The van der Waals surface area contributed by atoms with E-state index in [4.69, 9.17) is 0 Å². The highest BCUT2D eigenvalue weighted by Crippen LogP contribution is 2.19. The van der Waals surface area contributed by atoms with Crippen molar-refractivity contribution in [2.24, 2.45) is 0 Å². The molecule has 0 fully saturated rings. The fraction of sp³-hybridized carbons (Fsp3) is 0.250. The SMILES string of the molecule is CCC(C(=O)NNc1nc2ccccc2c(=O)n1CC)c1ccccc1. The Bertz CT molecular complexity index is 966. The predicted molar refractivity (Wildman–Crippen MR) is 103 cm³/mol. The number of amides is 1. The number of hydrogen-bond donors (Lipinski definition) is 2. The van der Waals surface area contributed by atoms with Gasteiger partial charge in [0.05, 0.1) is 16.8 Å². The minimum atomic E-state index is -0.272. The number of hydrazine groups is 1. The van der Waals surface area contributed by atoms with E-state index in [2.05, 4.69) is 15.8 Å². The number of anilines is 1. The summed E-state index contributed by atoms with van der Waals surface area (Å²) < 4.78 is 1.51. The Balaban J connectivity index is 1.85. The second-order valence-corrected chi connectivity index (χ2v) is 5.99. The minimum Gasteiger partial charge on any atom is -0.277 e. The van der Waals surface area contributed by atoms with Crippen LogP contribution in [0.4, 0.5) is 5.95 Å². The maximum absolute atomic E-state index is 12.6. The fourth-order valence-electron chi connectivity index (χ4n) is 3.02. The summed E-state index contributed by atoms with van der Waals surface area (Å²) in [4.78, 5) is 29.7. The van der Waals surface area contributed by atoms with Gasteiger partial charge >= 0.3 is 0 Å². The van der Waals surface area contributed by atoms with Gasteiger partial charge in [0.25, 0.3) is 5.56 Å². The Morgan fingerprint density at radius 2 is 1.77 bits per heavy atom. The van der Waals surface area contributed by atoms with E-state index in [0.717, 1.165) is 5.56 Å². The van der Waals surface area contributed by atoms with Crippen molar-refractivity contribution >= 4 is 22.8 Å². The number of nitrogens with one attached hydrogen (secondary N) is 2. The van der Waals surface area contributed by atoms with Gasteiger partial charge in [-0.1, -0.05) is 49.4 Å². The first-order chi connectivity index (χ1) is 12.7. The second-order valence-electron chi connectivity index (χ2n) is 5.99. The van der Waals surface area contributed by atoms with E-state index in [1.807, 2.05) is 56.3 Å². The number of para-hydroxylation sites is 1. The van der Waals surface area contributed by atoms with E-state index in [1.54, 1.807) is 12.1 Å². The molecule has 26 heavy (non-hydrogen) atoms. The lowest BCUT2D eigenvalue weighted by Gasteiger charge is -2.18. The molecule has 1 aromatic heterocycles. The van der Waals surface area contributed by atoms with Crippen LogP contribution in [-0.2, 0) is 11.3 Å². The van der Waals surface area contributed by atoms with Gasteiger partial charge in [-0.15, -0.1) is 0 Å². The first-order valence-electron chi connectivity index (χ1n) is 8.76. The maximum atomic E-state index is 12.6. The number of hydrogen-bond acceptors (Lipinski definition) is 4. The molecular weight excluding hydrogens is 328 g/mol. The first kappa shape index (κ1) is 17.7. The number of nitrogens with zero attached hydrogens (tertiary/aromatic N) is 2. The standard InChI is InChI=1S/C20H22N4O2/c1-3-15(14-10-6-5-7-11-14)18(25)22-23-20-21-17-13-9-8-12-16(17)19(26)24(20)4-2/h5-13,15H,3-4H2,1-2H3,(H,21,23)(H,22,25). The summed E-state index contributed by atoms with van der Waals surface area (Å²) in [7, 11) is 0. The monoisotopic (exact) mass is 350 g/mol. The van der Waals surface area contributed by atoms with Crippen LogP contribution in [0.5, 0.6) is 0 Å². The van der Waals surface area contributed by atoms with Crippen LogP contribution in [0.2, 0.25) is 0 Å². The number of carbonyl (C=O) groups is 1. The van der Waals surface area contributed by atoms with Crippen LogP contribution in [0.15, 0.2) is 59.4 Å². The van der Waals surface area contributed by atoms with Crippen molar-refractivity contribution in [2.45, 2.75) is 32.7 Å². The average molecular weight is 350 g/mol. The molecule has 1 atom stereocenters. The van der Waals surface area contributed by atoms with E-state index in [1.165, 1.54) is 4.57 Å². The minimum absolute atomic E-state index is 0.134. The number of fused-ring (bicyclic) bond motifs is 1. The molecule has 3 rings (SSSR count). The van der Waals surface area contributed by atoms with Crippen LogP contribution in [0.25, 0.3) is 10.9 Å². The third kappa shape index (κ3) is 3.44. The molecule has 0 saturated carbocycles. The van der Waals surface area contributed by atoms with Crippen LogP contribution in [0, 0.1) is 0 Å². The maximum Gasteiger partial charge on any atom is 0.262 e. The molecule has 6 nitrogen and oxygen atoms in total. The van der Waals surface area contributed by atoms with Gasteiger partial charge in [0.15, 0.2) is 0 Å². The summed E-state index contributed by atoms with van der Waals surface area (Å²) in [5, 5.41) is 0.557.